The van der Waals surface area contributed by atoms with Crippen LogP contribution in [0.5, 0.6) is 5.75 Å². The van der Waals surface area contributed by atoms with Gasteiger partial charge in [-0.25, -0.2) is 4.98 Å². The minimum Gasteiger partial charge on any atom is -0.489 e. The minimum atomic E-state index is -0.889. The van der Waals surface area contributed by atoms with Crippen LogP contribution in [-0.4, -0.2) is 27.4 Å². The molecule has 7 heteroatoms. The van der Waals surface area contributed by atoms with Crippen molar-refractivity contribution in [3.8, 4) is 5.75 Å². The van der Waals surface area contributed by atoms with Crippen LogP contribution in [0.25, 0.3) is 0 Å². The Balaban J connectivity index is 2.01. The van der Waals surface area contributed by atoms with Crippen molar-refractivity contribution in [3.05, 3.63) is 56.7 Å². The van der Waals surface area contributed by atoms with E-state index in [1.165, 1.54) is 17.0 Å². The number of aromatic nitrogens is 2. The third kappa shape index (κ3) is 4.97. The predicted molar refractivity (Wildman–Crippen MR) is 95.2 cm³/mol. The Morgan fingerprint density at radius 2 is 2.00 bits per heavy atom. The van der Waals surface area contributed by atoms with Gasteiger partial charge in [-0.1, -0.05) is 44.0 Å². The average molecular weight is 371 g/mol. The van der Waals surface area contributed by atoms with Crippen LogP contribution < -0.4 is 10.3 Å². The van der Waals surface area contributed by atoms with Gasteiger partial charge in [0, 0.05) is 22.6 Å². The Morgan fingerprint density at radius 1 is 1.29 bits per heavy atom. The second-order valence-electron chi connectivity index (χ2n) is 6.55. The topological polar surface area (TPSA) is 64.4 Å². The third-order valence-electron chi connectivity index (χ3n) is 3.38. The van der Waals surface area contributed by atoms with Gasteiger partial charge in [0.1, 0.15) is 18.5 Å². The van der Waals surface area contributed by atoms with Gasteiger partial charge in [-0.3, -0.25) is 9.36 Å². The fraction of sp³-hybridized carbons (Fsp3) is 0.412. The van der Waals surface area contributed by atoms with E-state index in [-0.39, 0.29) is 24.1 Å². The normalized spacial score (nSPS) is 12.9. The molecule has 2 aromatic rings. The van der Waals surface area contributed by atoms with Gasteiger partial charge in [0.15, 0.2) is 0 Å². The van der Waals surface area contributed by atoms with E-state index in [0.29, 0.717) is 21.5 Å². The Morgan fingerprint density at radius 3 is 2.62 bits per heavy atom. The van der Waals surface area contributed by atoms with E-state index in [1.807, 2.05) is 20.8 Å². The van der Waals surface area contributed by atoms with Gasteiger partial charge in [-0.2, -0.15) is 0 Å². The zero-order valence-electron chi connectivity index (χ0n) is 13.8. The summed E-state index contributed by atoms with van der Waals surface area (Å²) in [6.45, 7) is 6.01. The van der Waals surface area contributed by atoms with Gasteiger partial charge in [0.25, 0.3) is 5.56 Å². The molecule has 1 N–H and O–H groups in total. The van der Waals surface area contributed by atoms with Crippen molar-refractivity contribution in [1.29, 1.82) is 0 Å². The molecule has 0 radical (unpaired) electrons. The number of halogens is 2. The number of rotatable bonds is 5. The first-order chi connectivity index (χ1) is 11.2. The maximum absolute atomic E-state index is 12.1. The van der Waals surface area contributed by atoms with Crippen LogP contribution in [0.4, 0.5) is 0 Å². The minimum absolute atomic E-state index is 0.0203. The molecule has 0 aliphatic carbocycles. The molecule has 1 aromatic heterocycles. The van der Waals surface area contributed by atoms with Crippen LogP contribution in [0.3, 0.4) is 0 Å². The van der Waals surface area contributed by atoms with Gasteiger partial charge in [0.05, 0.1) is 23.6 Å². The molecule has 0 fully saturated rings. The Bertz CT molecular complexity index is 769. The molecule has 5 nitrogen and oxygen atoms in total. The van der Waals surface area contributed by atoms with Crippen molar-refractivity contribution in [3.63, 3.8) is 0 Å². The molecule has 0 saturated carbocycles. The number of hydrogen-bond donors (Lipinski definition) is 1. The number of ether oxygens (including phenoxy) is 1. The summed E-state index contributed by atoms with van der Waals surface area (Å²) in [5, 5.41) is 11.0. The van der Waals surface area contributed by atoms with E-state index in [1.54, 1.807) is 18.2 Å². The number of hydrogen-bond acceptors (Lipinski definition) is 4. The maximum Gasteiger partial charge on any atom is 0.253 e. The van der Waals surface area contributed by atoms with Gasteiger partial charge in [-0.05, 0) is 12.1 Å². The fourth-order valence-corrected chi connectivity index (χ4v) is 2.36. The molecule has 2 rings (SSSR count). The summed E-state index contributed by atoms with van der Waals surface area (Å²) in [6, 6.07) is 6.32. The van der Waals surface area contributed by atoms with Crippen LogP contribution in [0.15, 0.2) is 35.4 Å². The molecule has 0 amide bonds. The van der Waals surface area contributed by atoms with Crippen molar-refractivity contribution in [2.45, 2.75) is 38.8 Å². The van der Waals surface area contributed by atoms with Crippen LogP contribution in [0.2, 0.25) is 10.0 Å². The standard InChI is InChI=1S/C17H20Cl2N2O3/c1-17(2,3)15-7-16(23)21(10-20-15)8-12(22)9-24-14-6-11(18)4-5-13(14)19/h4-7,10,12,22H,8-9H2,1-3H3. The molecular formula is C17H20Cl2N2O3. The van der Waals surface area contributed by atoms with E-state index in [4.69, 9.17) is 27.9 Å². The van der Waals surface area contributed by atoms with Gasteiger partial charge < -0.3 is 9.84 Å². The van der Waals surface area contributed by atoms with Crippen molar-refractivity contribution >= 4 is 23.2 Å². The quantitative estimate of drug-likeness (QED) is 0.876. The van der Waals surface area contributed by atoms with Crippen molar-refractivity contribution in [2.75, 3.05) is 6.61 Å². The highest BCUT2D eigenvalue weighted by atomic mass is 35.5. The highest BCUT2D eigenvalue weighted by Crippen LogP contribution is 2.27. The van der Waals surface area contributed by atoms with Gasteiger partial charge in [0.2, 0.25) is 0 Å². The molecular weight excluding hydrogens is 351 g/mol. The summed E-state index contributed by atoms with van der Waals surface area (Å²) in [5.74, 6) is 0.386. The summed E-state index contributed by atoms with van der Waals surface area (Å²) in [4.78, 5) is 16.4. The van der Waals surface area contributed by atoms with Crippen LogP contribution in [-0.2, 0) is 12.0 Å². The van der Waals surface area contributed by atoms with E-state index >= 15 is 0 Å². The van der Waals surface area contributed by atoms with Crippen molar-refractivity contribution < 1.29 is 9.84 Å². The SMILES string of the molecule is CC(C)(C)c1cc(=O)n(CC(O)COc2cc(Cl)ccc2Cl)cn1. The second-order valence-corrected chi connectivity index (χ2v) is 7.40. The summed E-state index contributed by atoms with van der Waals surface area (Å²) < 4.78 is 6.82. The Kier molecular flexibility index (Phi) is 5.91. The van der Waals surface area contributed by atoms with Crippen LogP contribution in [0.1, 0.15) is 26.5 Å². The molecule has 0 saturated heterocycles. The smallest absolute Gasteiger partial charge is 0.253 e. The lowest BCUT2D eigenvalue weighted by molar-refractivity contribution is 0.0913. The van der Waals surface area contributed by atoms with E-state index in [0.717, 1.165) is 0 Å². The van der Waals surface area contributed by atoms with E-state index in [2.05, 4.69) is 4.98 Å². The first-order valence-electron chi connectivity index (χ1n) is 7.49. The fourth-order valence-electron chi connectivity index (χ4n) is 2.03. The van der Waals surface area contributed by atoms with E-state index < -0.39 is 6.10 Å². The monoisotopic (exact) mass is 370 g/mol. The lowest BCUT2D eigenvalue weighted by Crippen LogP contribution is -2.31. The summed E-state index contributed by atoms with van der Waals surface area (Å²) in [6.07, 6.45) is 0.554. The second kappa shape index (κ2) is 7.55. The molecule has 0 aliphatic heterocycles. The van der Waals surface area contributed by atoms with E-state index in [9.17, 15) is 9.90 Å². The molecule has 130 valence electrons. The molecule has 1 atom stereocenters. The number of benzene rings is 1. The molecule has 0 aliphatic rings. The van der Waals surface area contributed by atoms with Gasteiger partial charge in [-0.15, -0.1) is 0 Å². The maximum atomic E-state index is 12.1. The van der Waals surface area contributed by atoms with Crippen LogP contribution >= 0.6 is 23.2 Å². The summed E-state index contributed by atoms with van der Waals surface area (Å²) in [7, 11) is 0. The number of nitrogens with zero attached hydrogens (tertiary/aromatic N) is 2. The zero-order chi connectivity index (χ0) is 17.9. The van der Waals surface area contributed by atoms with Crippen molar-refractivity contribution in [1.82, 2.24) is 9.55 Å². The zero-order valence-corrected chi connectivity index (χ0v) is 15.3. The third-order valence-corrected chi connectivity index (χ3v) is 3.93. The van der Waals surface area contributed by atoms with Crippen LogP contribution in [0, 0.1) is 0 Å². The first-order valence-corrected chi connectivity index (χ1v) is 8.25. The first kappa shape index (κ1) is 18.8. The highest BCUT2D eigenvalue weighted by molar-refractivity contribution is 6.34. The Hall–Kier alpha value is -1.56. The highest BCUT2D eigenvalue weighted by Gasteiger charge is 2.17. The van der Waals surface area contributed by atoms with Crippen molar-refractivity contribution in [2.24, 2.45) is 0 Å². The molecule has 0 spiro atoms. The lowest BCUT2D eigenvalue weighted by atomic mass is 9.92. The molecule has 0 bridgehead atoms. The molecule has 1 heterocycles. The number of aliphatic hydroxyl groups excluding tert-OH is 1. The molecule has 1 aromatic carbocycles. The average Bonchev–Trinajstić information content (AvgIpc) is 2.49. The number of aliphatic hydroxyl groups is 1. The summed E-state index contributed by atoms with van der Waals surface area (Å²) >= 11 is 11.9. The summed E-state index contributed by atoms with van der Waals surface area (Å²) in [5.41, 5.74) is 0.290. The molecule has 24 heavy (non-hydrogen) atoms. The molecule has 1 unspecified atom stereocenters. The Labute approximate surface area is 150 Å². The lowest BCUT2D eigenvalue weighted by Gasteiger charge is -2.18. The largest absolute Gasteiger partial charge is 0.489 e. The van der Waals surface area contributed by atoms with Gasteiger partial charge >= 0.3 is 0 Å². The predicted octanol–water partition coefficient (Wildman–Crippen LogP) is 3.29.